The molecule has 0 saturated carbocycles. The van der Waals surface area contributed by atoms with Crippen molar-refractivity contribution in [1.29, 1.82) is 0 Å². The standard InChI is InChI=1S/C12H17BrFN/c1-3-15-9(2)7-8-10-5-4-6-11(13)12(10)14/h4-6,9,15H,3,7-8H2,1-2H3. The van der Waals surface area contributed by atoms with Gasteiger partial charge in [0.25, 0.3) is 0 Å². The number of aryl methyl sites for hydroxylation is 1. The molecule has 0 aliphatic carbocycles. The van der Waals surface area contributed by atoms with Gasteiger partial charge in [0.2, 0.25) is 0 Å². The van der Waals surface area contributed by atoms with Crippen LogP contribution in [0.2, 0.25) is 0 Å². The highest BCUT2D eigenvalue weighted by atomic mass is 79.9. The van der Waals surface area contributed by atoms with E-state index in [0.717, 1.165) is 24.9 Å². The molecule has 1 unspecified atom stereocenters. The molecule has 84 valence electrons. The summed E-state index contributed by atoms with van der Waals surface area (Å²) >= 11 is 3.19. The molecule has 0 heterocycles. The minimum Gasteiger partial charge on any atom is -0.315 e. The highest BCUT2D eigenvalue weighted by molar-refractivity contribution is 9.10. The van der Waals surface area contributed by atoms with Crippen LogP contribution in [0.1, 0.15) is 25.8 Å². The van der Waals surface area contributed by atoms with E-state index < -0.39 is 0 Å². The molecule has 1 rings (SSSR count). The number of benzene rings is 1. The maximum atomic E-state index is 13.6. The first-order valence-electron chi connectivity index (χ1n) is 5.31. The van der Waals surface area contributed by atoms with Crippen molar-refractivity contribution in [1.82, 2.24) is 5.32 Å². The van der Waals surface area contributed by atoms with Crippen LogP contribution < -0.4 is 5.32 Å². The minimum absolute atomic E-state index is 0.124. The molecule has 0 radical (unpaired) electrons. The van der Waals surface area contributed by atoms with Crippen molar-refractivity contribution in [3.63, 3.8) is 0 Å². The Balaban J connectivity index is 2.54. The molecule has 1 atom stereocenters. The Morgan fingerprint density at radius 1 is 1.47 bits per heavy atom. The van der Waals surface area contributed by atoms with Crippen LogP contribution in [0.25, 0.3) is 0 Å². The second kappa shape index (κ2) is 6.23. The molecule has 0 saturated heterocycles. The Morgan fingerprint density at radius 2 is 2.20 bits per heavy atom. The fourth-order valence-corrected chi connectivity index (χ4v) is 1.97. The second-order valence-corrected chi connectivity index (χ2v) is 4.56. The summed E-state index contributed by atoms with van der Waals surface area (Å²) in [5.74, 6) is -0.124. The van der Waals surface area contributed by atoms with Crippen molar-refractivity contribution < 1.29 is 4.39 Å². The van der Waals surface area contributed by atoms with E-state index in [2.05, 4.69) is 35.1 Å². The fourth-order valence-electron chi connectivity index (χ4n) is 1.56. The predicted octanol–water partition coefficient (Wildman–Crippen LogP) is 3.52. The number of rotatable bonds is 5. The van der Waals surface area contributed by atoms with Gasteiger partial charge in [-0.1, -0.05) is 19.1 Å². The molecule has 3 heteroatoms. The van der Waals surface area contributed by atoms with E-state index in [0.29, 0.717) is 10.5 Å². The summed E-state index contributed by atoms with van der Waals surface area (Å²) in [6.07, 6.45) is 1.74. The first-order chi connectivity index (χ1) is 7.15. The van der Waals surface area contributed by atoms with Gasteiger partial charge >= 0.3 is 0 Å². The van der Waals surface area contributed by atoms with Crippen LogP contribution in [-0.4, -0.2) is 12.6 Å². The molecular weight excluding hydrogens is 257 g/mol. The third-order valence-corrected chi connectivity index (χ3v) is 3.04. The lowest BCUT2D eigenvalue weighted by molar-refractivity contribution is 0.519. The van der Waals surface area contributed by atoms with E-state index in [9.17, 15) is 4.39 Å². The second-order valence-electron chi connectivity index (χ2n) is 3.71. The summed E-state index contributed by atoms with van der Waals surface area (Å²) in [5.41, 5.74) is 0.786. The number of nitrogens with one attached hydrogen (secondary N) is 1. The van der Waals surface area contributed by atoms with E-state index in [4.69, 9.17) is 0 Å². The number of hydrogen-bond donors (Lipinski definition) is 1. The van der Waals surface area contributed by atoms with Crippen LogP contribution in [0.5, 0.6) is 0 Å². The third kappa shape index (κ3) is 3.92. The number of hydrogen-bond acceptors (Lipinski definition) is 1. The molecule has 1 N–H and O–H groups in total. The van der Waals surface area contributed by atoms with Crippen LogP contribution in [-0.2, 0) is 6.42 Å². The third-order valence-electron chi connectivity index (χ3n) is 2.43. The van der Waals surface area contributed by atoms with Gasteiger partial charge in [-0.05, 0) is 53.9 Å². The average molecular weight is 274 g/mol. The van der Waals surface area contributed by atoms with Crippen LogP contribution in [0, 0.1) is 5.82 Å². The van der Waals surface area contributed by atoms with Crippen molar-refractivity contribution in [3.8, 4) is 0 Å². The van der Waals surface area contributed by atoms with Gasteiger partial charge < -0.3 is 5.32 Å². The van der Waals surface area contributed by atoms with Gasteiger partial charge in [-0.2, -0.15) is 0 Å². The maximum Gasteiger partial charge on any atom is 0.140 e. The fraction of sp³-hybridized carbons (Fsp3) is 0.500. The van der Waals surface area contributed by atoms with Gasteiger partial charge in [0.05, 0.1) is 4.47 Å². The largest absolute Gasteiger partial charge is 0.315 e. The van der Waals surface area contributed by atoms with Gasteiger partial charge in [0.1, 0.15) is 5.82 Å². The van der Waals surface area contributed by atoms with Crippen molar-refractivity contribution in [2.45, 2.75) is 32.7 Å². The molecule has 0 bridgehead atoms. The molecule has 0 aliphatic rings. The summed E-state index contributed by atoms with van der Waals surface area (Å²) in [6.45, 7) is 5.16. The molecule has 1 nitrogen and oxygen atoms in total. The molecule has 1 aromatic carbocycles. The molecule has 0 fully saturated rings. The Bertz CT molecular complexity index is 314. The van der Waals surface area contributed by atoms with E-state index in [1.165, 1.54) is 0 Å². The smallest absolute Gasteiger partial charge is 0.140 e. The summed E-state index contributed by atoms with van der Waals surface area (Å²) in [7, 11) is 0. The van der Waals surface area contributed by atoms with Gasteiger partial charge in [0, 0.05) is 6.04 Å². The highest BCUT2D eigenvalue weighted by Crippen LogP contribution is 2.19. The Kier molecular flexibility index (Phi) is 5.26. The minimum atomic E-state index is -0.124. The van der Waals surface area contributed by atoms with Crippen LogP contribution in [0.15, 0.2) is 22.7 Å². The summed E-state index contributed by atoms with van der Waals surface area (Å²) in [6, 6.07) is 5.89. The summed E-state index contributed by atoms with van der Waals surface area (Å²) < 4.78 is 14.1. The molecule has 0 aromatic heterocycles. The molecule has 0 amide bonds. The highest BCUT2D eigenvalue weighted by Gasteiger charge is 2.07. The van der Waals surface area contributed by atoms with Crippen LogP contribution in [0.4, 0.5) is 4.39 Å². The molecular formula is C12H17BrFN. The van der Waals surface area contributed by atoms with Crippen LogP contribution >= 0.6 is 15.9 Å². The van der Waals surface area contributed by atoms with Gasteiger partial charge in [-0.15, -0.1) is 0 Å². The summed E-state index contributed by atoms with van der Waals surface area (Å²) in [4.78, 5) is 0. The molecule has 0 aliphatic heterocycles. The Hall–Kier alpha value is -0.410. The monoisotopic (exact) mass is 273 g/mol. The zero-order valence-electron chi connectivity index (χ0n) is 9.19. The van der Waals surface area contributed by atoms with Crippen molar-refractivity contribution >= 4 is 15.9 Å². The predicted molar refractivity (Wildman–Crippen MR) is 65.6 cm³/mol. The lowest BCUT2D eigenvalue weighted by Gasteiger charge is -2.12. The van der Waals surface area contributed by atoms with E-state index in [1.807, 2.05) is 12.1 Å². The van der Waals surface area contributed by atoms with Gasteiger partial charge in [0.15, 0.2) is 0 Å². The molecule has 15 heavy (non-hydrogen) atoms. The average Bonchev–Trinajstić information content (AvgIpc) is 2.21. The van der Waals surface area contributed by atoms with E-state index >= 15 is 0 Å². The first-order valence-corrected chi connectivity index (χ1v) is 6.10. The van der Waals surface area contributed by atoms with Gasteiger partial charge in [-0.3, -0.25) is 0 Å². The van der Waals surface area contributed by atoms with Crippen LogP contribution in [0.3, 0.4) is 0 Å². The maximum absolute atomic E-state index is 13.6. The lowest BCUT2D eigenvalue weighted by atomic mass is 10.1. The Labute approximate surface area is 99.2 Å². The quantitative estimate of drug-likeness (QED) is 0.866. The van der Waals surface area contributed by atoms with Crippen molar-refractivity contribution in [2.24, 2.45) is 0 Å². The van der Waals surface area contributed by atoms with Crippen molar-refractivity contribution in [2.75, 3.05) is 6.54 Å². The summed E-state index contributed by atoms with van der Waals surface area (Å²) in [5, 5.41) is 3.32. The lowest BCUT2D eigenvalue weighted by Crippen LogP contribution is -2.26. The zero-order chi connectivity index (χ0) is 11.3. The number of halogens is 2. The molecule has 0 spiro atoms. The normalized spacial score (nSPS) is 12.8. The SMILES string of the molecule is CCNC(C)CCc1cccc(Br)c1F. The Morgan fingerprint density at radius 3 is 2.87 bits per heavy atom. The van der Waals surface area contributed by atoms with Gasteiger partial charge in [-0.25, -0.2) is 4.39 Å². The first kappa shape index (κ1) is 12.7. The van der Waals surface area contributed by atoms with E-state index in [-0.39, 0.29) is 5.82 Å². The van der Waals surface area contributed by atoms with E-state index in [1.54, 1.807) is 6.07 Å². The van der Waals surface area contributed by atoms with Crippen molar-refractivity contribution in [3.05, 3.63) is 34.1 Å². The molecule has 1 aromatic rings. The topological polar surface area (TPSA) is 12.0 Å². The zero-order valence-corrected chi connectivity index (χ0v) is 10.8.